The van der Waals surface area contributed by atoms with Crippen molar-refractivity contribution in [2.24, 2.45) is 5.73 Å². The summed E-state index contributed by atoms with van der Waals surface area (Å²) in [6.45, 7) is 1.83. The lowest BCUT2D eigenvalue weighted by atomic mass is 10.1. The summed E-state index contributed by atoms with van der Waals surface area (Å²) in [5.74, 6) is 5.81. The smallest absolute Gasteiger partial charge is 0.0405 e. The third-order valence-corrected chi connectivity index (χ3v) is 2.33. The van der Waals surface area contributed by atoms with Crippen LogP contribution in [0.1, 0.15) is 24.9 Å². The summed E-state index contributed by atoms with van der Waals surface area (Å²) in [6, 6.07) is 8.06. The number of hydrogen-bond donors (Lipinski definition) is 1. The molecule has 1 atom stereocenters. The highest BCUT2D eigenvalue weighted by Gasteiger charge is 2.02. The summed E-state index contributed by atoms with van der Waals surface area (Å²) in [7, 11) is 0. The van der Waals surface area contributed by atoms with E-state index in [1.54, 1.807) is 0 Å². The van der Waals surface area contributed by atoms with Crippen LogP contribution >= 0.6 is 15.9 Å². The summed E-state index contributed by atoms with van der Waals surface area (Å²) in [5.41, 5.74) is 7.04. The molecule has 0 saturated heterocycles. The molecule has 13 heavy (non-hydrogen) atoms. The first kappa shape index (κ1) is 10.3. The van der Waals surface area contributed by atoms with E-state index in [1.165, 1.54) is 0 Å². The van der Waals surface area contributed by atoms with Gasteiger partial charge >= 0.3 is 0 Å². The van der Waals surface area contributed by atoms with Gasteiger partial charge in [-0.25, -0.2) is 0 Å². The highest BCUT2D eigenvalue weighted by molar-refractivity contribution is 9.10. The molecule has 0 aliphatic heterocycles. The predicted octanol–water partition coefficient (Wildman–Crippen LogP) is 2.86. The molecule has 2 heteroatoms. The molecule has 1 unspecified atom stereocenters. The zero-order chi connectivity index (χ0) is 9.68. The van der Waals surface area contributed by atoms with Crippen molar-refractivity contribution in [1.82, 2.24) is 0 Å². The van der Waals surface area contributed by atoms with Crippen molar-refractivity contribution in [3.05, 3.63) is 34.3 Å². The van der Waals surface area contributed by atoms with Crippen LogP contribution in [0.2, 0.25) is 0 Å². The second-order valence-electron chi connectivity index (χ2n) is 2.79. The van der Waals surface area contributed by atoms with E-state index in [2.05, 4.69) is 27.8 Å². The van der Waals surface area contributed by atoms with Gasteiger partial charge in [-0.1, -0.05) is 28.1 Å². The summed E-state index contributed by atoms with van der Waals surface area (Å²) >= 11 is 3.38. The molecule has 0 aliphatic carbocycles. The van der Waals surface area contributed by atoms with Crippen LogP contribution in [-0.2, 0) is 0 Å². The summed E-state index contributed by atoms with van der Waals surface area (Å²) in [4.78, 5) is 0. The van der Waals surface area contributed by atoms with Crippen LogP contribution in [0.3, 0.4) is 0 Å². The maximum Gasteiger partial charge on any atom is 0.0405 e. The molecule has 0 bridgehead atoms. The molecule has 0 heterocycles. The molecule has 0 radical (unpaired) electrons. The van der Waals surface area contributed by atoms with Crippen LogP contribution < -0.4 is 5.73 Å². The molecular weight excluding hydrogens is 226 g/mol. The number of halogens is 1. The lowest BCUT2D eigenvalue weighted by molar-refractivity contribution is 0.754. The minimum Gasteiger partial charge on any atom is -0.323 e. The lowest BCUT2D eigenvalue weighted by Crippen LogP contribution is -2.08. The van der Waals surface area contributed by atoms with Crippen LogP contribution in [-0.4, -0.2) is 0 Å². The first-order valence-electron chi connectivity index (χ1n) is 4.14. The Balaban J connectivity index is 2.69. The molecule has 0 fully saturated rings. The number of rotatable bonds is 2. The van der Waals surface area contributed by atoms with Crippen molar-refractivity contribution in [3.63, 3.8) is 0 Å². The van der Waals surface area contributed by atoms with Gasteiger partial charge in [-0.2, -0.15) is 0 Å². The first-order valence-corrected chi connectivity index (χ1v) is 4.94. The fourth-order valence-corrected chi connectivity index (χ4v) is 1.30. The van der Waals surface area contributed by atoms with E-state index >= 15 is 0 Å². The summed E-state index contributed by atoms with van der Waals surface area (Å²) in [6.07, 6.45) is 0.720. The molecule has 0 spiro atoms. The van der Waals surface area contributed by atoms with Crippen LogP contribution in [0.5, 0.6) is 0 Å². The number of benzene rings is 1. The molecule has 0 amide bonds. The maximum atomic E-state index is 5.91. The van der Waals surface area contributed by atoms with E-state index in [4.69, 9.17) is 5.73 Å². The Kier molecular flexibility index (Phi) is 4.01. The van der Waals surface area contributed by atoms with Crippen molar-refractivity contribution >= 4 is 15.9 Å². The molecule has 0 aliphatic rings. The zero-order valence-electron chi connectivity index (χ0n) is 7.55. The SMILES string of the molecule is CC#CCC(N)c1ccc(Br)cc1. The van der Waals surface area contributed by atoms with Gasteiger partial charge in [0.05, 0.1) is 0 Å². The molecule has 0 aromatic heterocycles. The Labute approximate surface area is 87.5 Å². The minimum atomic E-state index is 0.0283. The molecule has 1 aromatic rings. The van der Waals surface area contributed by atoms with E-state index in [0.717, 1.165) is 16.5 Å². The zero-order valence-corrected chi connectivity index (χ0v) is 9.14. The van der Waals surface area contributed by atoms with E-state index in [1.807, 2.05) is 31.2 Å². The molecular formula is C11H12BrN. The molecule has 68 valence electrons. The largest absolute Gasteiger partial charge is 0.323 e. The fraction of sp³-hybridized carbons (Fsp3) is 0.273. The number of hydrogen-bond acceptors (Lipinski definition) is 1. The molecule has 1 nitrogen and oxygen atoms in total. The van der Waals surface area contributed by atoms with Crippen molar-refractivity contribution in [3.8, 4) is 11.8 Å². The molecule has 2 N–H and O–H groups in total. The van der Waals surface area contributed by atoms with Crippen LogP contribution in [0.25, 0.3) is 0 Å². The van der Waals surface area contributed by atoms with Gasteiger partial charge in [0.1, 0.15) is 0 Å². The van der Waals surface area contributed by atoms with Crippen molar-refractivity contribution in [2.45, 2.75) is 19.4 Å². The van der Waals surface area contributed by atoms with E-state index < -0.39 is 0 Å². The Morgan fingerprint density at radius 3 is 2.54 bits per heavy atom. The van der Waals surface area contributed by atoms with Gasteiger partial charge < -0.3 is 5.73 Å². The van der Waals surface area contributed by atoms with Gasteiger partial charge in [0.2, 0.25) is 0 Å². The standard InChI is InChI=1S/C11H12BrN/c1-2-3-4-11(13)9-5-7-10(12)8-6-9/h5-8,11H,4,13H2,1H3. The Morgan fingerprint density at radius 2 is 2.00 bits per heavy atom. The average Bonchev–Trinajstić information content (AvgIpc) is 2.15. The van der Waals surface area contributed by atoms with E-state index in [0.29, 0.717) is 0 Å². The highest BCUT2D eigenvalue weighted by atomic mass is 79.9. The van der Waals surface area contributed by atoms with Crippen molar-refractivity contribution in [2.75, 3.05) is 0 Å². The van der Waals surface area contributed by atoms with Crippen molar-refractivity contribution < 1.29 is 0 Å². The van der Waals surface area contributed by atoms with Gasteiger partial charge in [0, 0.05) is 16.9 Å². The highest BCUT2D eigenvalue weighted by Crippen LogP contribution is 2.16. The van der Waals surface area contributed by atoms with Gasteiger partial charge in [0.15, 0.2) is 0 Å². The molecule has 1 aromatic carbocycles. The second-order valence-corrected chi connectivity index (χ2v) is 3.70. The second kappa shape index (κ2) is 5.06. The number of nitrogens with two attached hydrogens (primary N) is 1. The van der Waals surface area contributed by atoms with Gasteiger partial charge in [-0.05, 0) is 24.6 Å². The van der Waals surface area contributed by atoms with E-state index in [9.17, 15) is 0 Å². The molecule has 0 saturated carbocycles. The summed E-state index contributed by atoms with van der Waals surface area (Å²) < 4.78 is 1.07. The van der Waals surface area contributed by atoms with Crippen molar-refractivity contribution in [1.29, 1.82) is 0 Å². The quantitative estimate of drug-likeness (QED) is 0.787. The Hall–Kier alpha value is -0.780. The van der Waals surface area contributed by atoms with Gasteiger partial charge in [0.25, 0.3) is 0 Å². The Bertz CT molecular complexity index is 318. The maximum absolute atomic E-state index is 5.91. The third-order valence-electron chi connectivity index (χ3n) is 1.80. The Morgan fingerprint density at radius 1 is 1.38 bits per heavy atom. The van der Waals surface area contributed by atoms with Crippen LogP contribution in [0.4, 0.5) is 0 Å². The fourth-order valence-electron chi connectivity index (χ4n) is 1.04. The average molecular weight is 238 g/mol. The van der Waals surface area contributed by atoms with Crippen LogP contribution in [0.15, 0.2) is 28.7 Å². The molecule has 1 rings (SSSR count). The first-order chi connectivity index (χ1) is 6.24. The van der Waals surface area contributed by atoms with Crippen LogP contribution in [0, 0.1) is 11.8 Å². The lowest BCUT2D eigenvalue weighted by Gasteiger charge is -2.07. The minimum absolute atomic E-state index is 0.0283. The topological polar surface area (TPSA) is 26.0 Å². The summed E-state index contributed by atoms with van der Waals surface area (Å²) in [5, 5.41) is 0. The third kappa shape index (κ3) is 3.22. The predicted molar refractivity (Wildman–Crippen MR) is 59.1 cm³/mol. The monoisotopic (exact) mass is 237 g/mol. The van der Waals surface area contributed by atoms with Gasteiger partial charge in [-0.15, -0.1) is 11.8 Å². The normalized spacial score (nSPS) is 11.6. The van der Waals surface area contributed by atoms with Gasteiger partial charge in [-0.3, -0.25) is 0 Å². The van der Waals surface area contributed by atoms with E-state index in [-0.39, 0.29) is 6.04 Å².